The van der Waals surface area contributed by atoms with Crippen molar-refractivity contribution in [2.75, 3.05) is 17.5 Å². The third kappa shape index (κ3) is 3.44. The molecular formula is C13H18ClNO4S. The van der Waals surface area contributed by atoms with E-state index < -0.39 is 16.1 Å². The normalized spacial score (nSPS) is 18.4. The lowest BCUT2D eigenvalue weighted by Crippen LogP contribution is -2.37. The topological polar surface area (TPSA) is 66.8 Å². The van der Waals surface area contributed by atoms with E-state index in [9.17, 15) is 13.5 Å². The van der Waals surface area contributed by atoms with E-state index in [0.29, 0.717) is 16.3 Å². The fraction of sp³-hybridized carbons (Fsp3) is 0.538. The molecule has 0 spiro atoms. The number of ether oxygens (including phenoxy) is 1. The Labute approximate surface area is 124 Å². The van der Waals surface area contributed by atoms with Gasteiger partial charge >= 0.3 is 0 Å². The smallest absolute Gasteiger partial charge is 0.239 e. The van der Waals surface area contributed by atoms with Gasteiger partial charge in [0.15, 0.2) is 0 Å². The van der Waals surface area contributed by atoms with Gasteiger partial charge < -0.3 is 9.84 Å². The van der Waals surface area contributed by atoms with Gasteiger partial charge in [0.25, 0.3) is 0 Å². The molecule has 1 aliphatic heterocycles. The van der Waals surface area contributed by atoms with Crippen LogP contribution in [-0.2, 0) is 20.5 Å². The minimum Gasteiger partial charge on any atom is -0.389 e. The van der Waals surface area contributed by atoms with Crippen LogP contribution in [0.4, 0.5) is 5.69 Å². The number of aliphatic hydroxyl groups excluding tert-OH is 1. The van der Waals surface area contributed by atoms with E-state index in [1.165, 1.54) is 4.31 Å². The van der Waals surface area contributed by atoms with E-state index in [2.05, 4.69) is 0 Å². The minimum absolute atomic E-state index is 0.0124. The van der Waals surface area contributed by atoms with Crippen molar-refractivity contribution in [3.05, 3.63) is 28.8 Å². The maximum absolute atomic E-state index is 12.1. The molecule has 0 saturated heterocycles. The number of β-amino-alcohol motifs (C(OH)–C–C–N with tert-alkyl or cyclic N) is 1. The molecule has 0 radical (unpaired) electrons. The lowest BCUT2D eigenvalue weighted by molar-refractivity contribution is 0.0101. The molecular weight excluding hydrogens is 302 g/mol. The van der Waals surface area contributed by atoms with Crippen molar-refractivity contribution < 1.29 is 18.3 Å². The van der Waals surface area contributed by atoms with E-state index in [1.54, 1.807) is 18.2 Å². The molecule has 0 bridgehead atoms. The Morgan fingerprint density at radius 1 is 1.45 bits per heavy atom. The maximum Gasteiger partial charge on any atom is 0.239 e. The van der Waals surface area contributed by atoms with Crippen LogP contribution in [0.1, 0.15) is 19.4 Å². The predicted octanol–water partition coefficient (Wildman–Crippen LogP) is 1.78. The van der Waals surface area contributed by atoms with Gasteiger partial charge in [-0.15, -0.1) is 0 Å². The minimum atomic E-state index is -3.44. The molecule has 1 heterocycles. The summed E-state index contributed by atoms with van der Waals surface area (Å²) in [6.07, 6.45) is -0.890. The van der Waals surface area contributed by atoms with Crippen molar-refractivity contribution in [1.82, 2.24) is 0 Å². The molecule has 20 heavy (non-hydrogen) atoms. The van der Waals surface area contributed by atoms with Crippen LogP contribution in [0.25, 0.3) is 0 Å². The second-order valence-corrected chi connectivity index (χ2v) is 7.43. The molecule has 1 aromatic rings. The largest absolute Gasteiger partial charge is 0.389 e. The summed E-state index contributed by atoms with van der Waals surface area (Å²) in [5.74, 6) is -0.0583. The zero-order chi connectivity index (χ0) is 14.9. The summed E-state index contributed by atoms with van der Waals surface area (Å²) in [5, 5.41) is 10.4. The van der Waals surface area contributed by atoms with Gasteiger partial charge in [0, 0.05) is 5.02 Å². The van der Waals surface area contributed by atoms with E-state index in [-0.39, 0.29) is 25.0 Å². The van der Waals surface area contributed by atoms with Crippen LogP contribution in [0.3, 0.4) is 0 Å². The Bertz CT molecular complexity index is 588. The molecule has 5 nitrogen and oxygen atoms in total. The first-order valence-corrected chi connectivity index (χ1v) is 8.37. The molecule has 1 atom stereocenters. The predicted molar refractivity (Wildman–Crippen MR) is 78.5 cm³/mol. The number of hydrogen-bond donors (Lipinski definition) is 1. The molecule has 0 fully saturated rings. The SMILES string of the molecule is CC(C)OCC(O)CN1c2cc(Cl)ccc2CS1(=O)=O. The van der Waals surface area contributed by atoms with Crippen LogP contribution < -0.4 is 4.31 Å². The number of nitrogens with zero attached hydrogens (tertiary/aromatic N) is 1. The van der Waals surface area contributed by atoms with Crippen molar-refractivity contribution >= 4 is 27.3 Å². The van der Waals surface area contributed by atoms with Gasteiger partial charge in [0.05, 0.1) is 36.8 Å². The fourth-order valence-corrected chi connectivity index (χ4v) is 3.90. The second-order valence-electron chi connectivity index (χ2n) is 5.10. The highest BCUT2D eigenvalue weighted by Gasteiger charge is 2.34. The highest BCUT2D eigenvalue weighted by molar-refractivity contribution is 7.92. The van der Waals surface area contributed by atoms with Gasteiger partial charge in [-0.05, 0) is 31.5 Å². The van der Waals surface area contributed by atoms with E-state index in [4.69, 9.17) is 16.3 Å². The van der Waals surface area contributed by atoms with Gasteiger partial charge in [-0.2, -0.15) is 0 Å². The molecule has 1 N–H and O–H groups in total. The van der Waals surface area contributed by atoms with Crippen molar-refractivity contribution in [2.45, 2.75) is 31.8 Å². The molecule has 0 aliphatic carbocycles. The maximum atomic E-state index is 12.1. The van der Waals surface area contributed by atoms with E-state index in [0.717, 1.165) is 0 Å². The average molecular weight is 320 g/mol. The van der Waals surface area contributed by atoms with Crippen molar-refractivity contribution in [2.24, 2.45) is 0 Å². The van der Waals surface area contributed by atoms with Crippen LogP contribution >= 0.6 is 11.6 Å². The summed E-state index contributed by atoms with van der Waals surface area (Å²) in [6.45, 7) is 3.78. The van der Waals surface area contributed by atoms with Crippen LogP contribution in [-0.4, -0.2) is 38.9 Å². The summed E-state index contributed by atoms with van der Waals surface area (Å²) >= 11 is 5.91. The number of hydrogen-bond acceptors (Lipinski definition) is 4. The Balaban J connectivity index is 2.16. The van der Waals surface area contributed by atoms with Gasteiger partial charge in [-0.3, -0.25) is 4.31 Å². The number of sulfonamides is 1. The van der Waals surface area contributed by atoms with Gasteiger partial charge in [-0.25, -0.2) is 8.42 Å². The molecule has 112 valence electrons. The molecule has 0 amide bonds. The number of benzene rings is 1. The third-order valence-corrected chi connectivity index (χ3v) is 4.92. The lowest BCUT2D eigenvalue weighted by atomic mass is 10.2. The lowest BCUT2D eigenvalue weighted by Gasteiger charge is -2.22. The Morgan fingerprint density at radius 3 is 2.80 bits per heavy atom. The molecule has 1 aromatic carbocycles. The number of halogens is 1. The second kappa shape index (κ2) is 5.89. The molecule has 1 unspecified atom stereocenters. The summed E-state index contributed by atoms with van der Waals surface area (Å²) in [5.41, 5.74) is 1.24. The summed E-state index contributed by atoms with van der Waals surface area (Å²) < 4.78 is 30.8. The van der Waals surface area contributed by atoms with Crippen LogP contribution in [0.5, 0.6) is 0 Å². The highest BCUT2D eigenvalue weighted by atomic mass is 35.5. The van der Waals surface area contributed by atoms with Crippen molar-refractivity contribution in [1.29, 1.82) is 0 Å². The van der Waals surface area contributed by atoms with Crippen molar-refractivity contribution in [3.8, 4) is 0 Å². The van der Waals surface area contributed by atoms with Gasteiger partial charge in [0.1, 0.15) is 0 Å². The Morgan fingerprint density at radius 2 is 2.15 bits per heavy atom. The molecule has 2 rings (SSSR count). The number of fused-ring (bicyclic) bond motifs is 1. The van der Waals surface area contributed by atoms with Crippen LogP contribution in [0, 0.1) is 0 Å². The first-order chi connectivity index (χ1) is 9.29. The molecule has 0 aromatic heterocycles. The van der Waals surface area contributed by atoms with Crippen LogP contribution in [0.2, 0.25) is 5.02 Å². The fourth-order valence-electron chi connectivity index (χ4n) is 2.08. The molecule has 0 saturated carbocycles. The van der Waals surface area contributed by atoms with Gasteiger partial charge in [-0.1, -0.05) is 17.7 Å². The van der Waals surface area contributed by atoms with E-state index in [1.807, 2.05) is 13.8 Å². The van der Waals surface area contributed by atoms with Crippen molar-refractivity contribution in [3.63, 3.8) is 0 Å². The summed E-state index contributed by atoms with van der Waals surface area (Å²) in [6, 6.07) is 4.97. The van der Waals surface area contributed by atoms with Gasteiger partial charge in [0.2, 0.25) is 10.0 Å². The zero-order valence-electron chi connectivity index (χ0n) is 11.4. The standard InChI is InChI=1S/C13H18ClNO4S/c1-9(2)19-7-12(16)6-15-13-5-11(14)4-3-10(13)8-20(15,17)18/h3-5,9,12,16H,6-8H2,1-2H3. The average Bonchev–Trinajstić information content (AvgIpc) is 2.58. The third-order valence-electron chi connectivity index (χ3n) is 2.99. The number of aliphatic hydroxyl groups is 1. The summed E-state index contributed by atoms with van der Waals surface area (Å²) in [7, 11) is -3.44. The monoisotopic (exact) mass is 319 g/mol. The number of rotatable bonds is 5. The summed E-state index contributed by atoms with van der Waals surface area (Å²) in [4.78, 5) is 0. The molecule has 7 heteroatoms. The quantitative estimate of drug-likeness (QED) is 0.898. The van der Waals surface area contributed by atoms with Crippen LogP contribution in [0.15, 0.2) is 18.2 Å². The highest BCUT2D eigenvalue weighted by Crippen LogP contribution is 2.35. The Hall–Kier alpha value is -0.820. The zero-order valence-corrected chi connectivity index (χ0v) is 13.0. The first-order valence-electron chi connectivity index (χ1n) is 6.38. The molecule has 1 aliphatic rings. The number of anilines is 1. The Kier molecular flexibility index (Phi) is 4.59. The first kappa shape index (κ1) is 15.6. The van der Waals surface area contributed by atoms with E-state index >= 15 is 0 Å².